The third-order valence-electron chi connectivity index (χ3n) is 4.92. The van der Waals surface area contributed by atoms with Gasteiger partial charge in [-0.3, -0.25) is 4.79 Å². The number of benzene rings is 3. The quantitative estimate of drug-likeness (QED) is 0.511. The van der Waals surface area contributed by atoms with E-state index in [1.807, 2.05) is 24.3 Å². The van der Waals surface area contributed by atoms with Crippen molar-refractivity contribution in [1.29, 1.82) is 0 Å². The van der Waals surface area contributed by atoms with Gasteiger partial charge in [0.15, 0.2) is 6.61 Å². The number of anilines is 1. The minimum absolute atomic E-state index is 0.122. The lowest BCUT2D eigenvalue weighted by molar-refractivity contribution is -0.118. The summed E-state index contributed by atoms with van der Waals surface area (Å²) in [6.07, 6.45) is 0. The van der Waals surface area contributed by atoms with Gasteiger partial charge in [0.05, 0.1) is 0 Å². The van der Waals surface area contributed by atoms with Gasteiger partial charge in [0.25, 0.3) is 5.91 Å². The Morgan fingerprint density at radius 3 is 2.26 bits per heavy atom. The zero-order chi connectivity index (χ0) is 22.3. The molecule has 0 saturated carbocycles. The van der Waals surface area contributed by atoms with Crippen LogP contribution in [0.4, 0.5) is 10.1 Å². The van der Waals surface area contributed by atoms with Crippen molar-refractivity contribution < 1.29 is 13.9 Å². The first-order valence-electron chi connectivity index (χ1n) is 10.4. The highest BCUT2D eigenvalue weighted by molar-refractivity contribution is 5.91. The molecule has 0 bridgehead atoms. The summed E-state index contributed by atoms with van der Waals surface area (Å²) in [5.41, 5.74) is 4.18. The topological polar surface area (TPSA) is 50.4 Å². The van der Waals surface area contributed by atoms with Crippen molar-refractivity contribution in [2.24, 2.45) is 0 Å². The third kappa shape index (κ3) is 6.93. The van der Waals surface area contributed by atoms with Crippen LogP contribution in [0.2, 0.25) is 0 Å². The van der Waals surface area contributed by atoms with E-state index in [0.29, 0.717) is 18.0 Å². The van der Waals surface area contributed by atoms with Crippen LogP contribution in [0.25, 0.3) is 0 Å². The average molecular weight is 421 g/mol. The van der Waals surface area contributed by atoms with Crippen LogP contribution in [-0.4, -0.2) is 12.5 Å². The monoisotopic (exact) mass is 420 g/mol. The lowest BCUT2D eigenvalue weighted by atomic mass is 9.87. The van der Waals surface area contributed by atoms with Crippen molar-refractivity contribution in [3.8, 4) is 5.75 Å². The molecule has 0 aliphatic carbocycles. The smallest absolute Gasteiger partial charge is 0.262 e. The molecule has 2 N–H and O–H groups in total. The van der Waals surface area contributed by atoms with E-state index in [1.165, 1.54) is 35.4 Å². The molecule has 0 aromatic heterocycles. The van der Waals surface area contributed by atoms with E-state index in [2.05, 4.69) is 55.7 Å². The lowest BCUT2D eigenvalue weighted by Gasteiger charge is -2.19. The van der Waals surface area contributed by atoms with E-state index >= 15 is 0 Å². The maximum Gasteiger partial charge on any atom is 0.262 e. The summed E-state index contributed by atoms with van der Waals surface area (Å²) in [5.74, 6) is 0.0152. The summed E-state index contributed by atoms with van der Waals surface area (Å²) in [7, 11) is 0. The molecular weight excluding hydrogens is 391 g/mol. The van der Waals surface area contributed by atoms with E-state index in [-0.39, 0.29) is 23.7 Å². The minimum atomic E-state index is -0.346. The number of carbonyl (C=O) groups excluding carboxylic acids is 1. The van der Waals surface area contributed by atoms with Gasteiger partial charge in [-0.15, -0.1) is 0 Å². The molecule has 0 heterocycles. The minimum Gasteiger partial charge on any atom is -0.483 e. The Kier molecular flexibility index (Phi) is 7.42. The molecule has 0 spiro atoms. The Bertz CT molecular complexity index is 993. The van der Waals surface area contributed by atoms with Crippen molar-refractivity contribution in [2.45, 2.75) is 39.3 Å². The van der Waals surface area contributed by atoms with Crippen LogP contribution in [0.15, 0.2) is 72.8 Å². The molecule has 0 saturated heterocycles. The van der Waals surface area contributed by atoms with Crippen molar-refractivity contribution in [3.63, 3.8) is 0 Å². The maximum absolute atomic E-state index is 13.0. The predicted molar refractivity (Wildman–Crippen MR) is 123 cm³/mol. The number of ether oxygens (including phenoxy) is 1. The number of halogens is 1. The molecule has 0 radical (unpaired) electrons. The summed E-state index contributed by atoms with van der Waals surface area (Å²) in [4.78, 5) is 12.1. The Hall–Kier alpha value is -3.18. The van der Waals surface area contributed by atoms with Gasteiger partial charge in [-0.1, -0.05) is 63.2 Å². The molecular formula is C26H29FN2O2. The number of amides is 1. The number of para-hydroxylation sites is 1. The zero-order valence-corrected chi connectivity index (χ0v) is 18.2. The summed E-state index contributed by atoms with van der Waals surface area (Å²) < 4.78 is 18.7. The van der Waals surface area contributed by atoms with Gasteiger partial charge in [0, 0.05) is 24.3 Å². The fourth-order valence-electron chi connectivity index (χ4n) is 3.13. The number of rotatable bonds is 8. The standard InChI is InChI=1S/C26H29FN2O2/c1-26(2,3)21-10-8-19(9-11-21)16-28-17-20-6-4-5-7-24(20)31-18-25(30)29-23-14-12-22(27)13-15-23/h4-15,28H,16-18H2,1-3H3,(H,29,30). The Morgan fingerprint density at radius 1 is 0.903 bits per heavy atom. The van der Waals surface area contributed by atoms with Crippen molar-refractivity contribution in [3.05, 3.63) is 95.3 Å². The summed E-state index contributed by atoms with van der Waals surface area (Å²) in [5, 5.41) is 6.13. The van der Waals surface area contributed by atoms with Crippen molar-refractivity contribution >= 4 is 11.6 Å². The molecule has 3 aromatic rings. The Labute approximate surface area is 183 Å². The van der Waals surface area contributed by atoms with Gasteiger partial charge in [-0.25, -0.2) is 4.39 Å². The SMILES string of the molecule is CC(C)(C)c1ccc(CNCc2ccccc2OCC(=O)Nc2ccc(F)cc2)cc1. The molecule has 0 fully saturated rings. The van der Waals surface area contributed by atoms with E-state index in [9.17, 15) is 9.18 Å². The van der Waals surface area contributed by atoms with Gasteiger partial charge in [0.1, 0.15) is 11.6 Å². The lowest BCUT2D eigenvalue weighted by Crippen LogP contribution is -2.21. The van der Waals surface area contributed by atoms with Crippen LogP contribution in [0, 0.1) is 5.82 Å². The van der Waals surface area contributed by atoms with E-state index in [1.54, 1.807) is 0 Å². The summed E-state index contributed by atoms with van der Waals surface area (Å²) in [6.45, 7) is 7.86. The second-order valence-electron chi connectivity index (χ2n) is 8.50. The molecule has 1 amide bonds. The first kappa shape index (κ1) is 22.5. The fraction of sp³-hybridized carbons (Fsp3) is 0.269. The fourth-order valence-corrected chi connectivity index (χ4v) is 3.13. The van der Waals surface area contributed by atoms with Crippen molar-refractivity contribution in [2.75, 3.05) is 11.9 Å². The Morgan fingerprint density at radius 2 is 1.58 bits per heavy atom. The Balaban J connectivity index is 1.50. The zero-order valence-electron chi connectivity index (χ0n) is 18.2. The normalized spacial score (nSPS) is 11.2. The van der Waals surface area contributed by atoms with E-state index in [0.717, 1.165) is 12.1 Å². The second-order valence-corrected chi connectivity index (χ2v) is 8.50. The second kappa shape index (κ2) is 10.2. The van der Waals surface area contributed by atoms with Gasteiger partial charge in [-0.05, 0) is 46.9 Å². The van der Waals surface area contributed by atoms with Crippen LogP contribution >= 0.6 is 0 Å². The highest BCUT2D eigenvalue weighted by atomic mass is 19.1. The van der Waals surface area contributed by atoms with Crippen LogP contribution < -0.4 is 15.4 Å². The molecule has 0 atom stereocenters. The largest absolute Gasteiger partial charge is 0.483 e. The molecule has 0 aliphatic rings. The van der Waals surface area contributed by atoms with Crippen LogP contribution in [0.1, 0.15) is 37.5 Å². The van der Waals surface area contributed by atoms with Gasteiger partial charge >= 0.3 is 0 Å². The van der Waals surface area contributed by atoms with Crippen LogP contribution in [0.3, 0.4) is 0 Å². The van der Waals surface area contributed by atoms with E-state index in [4.69, 9.17) is 4.74 Å². The van der Waals surface area contributed by atoms with Gasteiger partial charge < -0.3 is 15.4 Å². The molecule has 31 heavy (non-hydrogen) atoms. The van der Waals surface area contributed by atoms with Crippen LogP contribution in [0.5, 0.6) is 5.75 Å². The van der Waals surface area contributed by atoms with Crippen LogP contribution in [-0.2, 0) is 23.3 Å². The predicted octanol–water partition coefficient (Wildman–Crippen LogP) is 5.43. The molecule has 162 valence electrons. The molecule has 3 rings (SSSR count). The molecule has 0 unspecified atom stereocenters. The highest BCUT2D eigenvalue weighted by Crippen LogP contribution is 2.22. The molecule has 3 aromatic carbocycles. The number of carbonyl (C=O) groups is 1. The summed E-state index contributed by atoms with van der Waals surface area (Å²) >= 11 is 0. The van der Waals surface area contributed by atoms with Crippen molar-refractivity contribution in [1.82, 2.24) is 5.32 Å². The first-order chi connectivity index (χ1) is 14.8. The first-order valence-corrected chi connectivity index (χ1v) is 10.4. The number of nitrogens with one attached hydrogen (secondary N) is 2. The summed E-state index contributed by atoms with van der Waals surface area (Å²) in [6, 6.07) is 21.9. The molecule has 4 nitrogen and oxygen atoms in total. The molecule has 0 aliphatic heterocycles. The van der Waals surface area contributed by atoms with Gasteiger partial charge in [0.2, 0.25) is 0 Å². The number of hydrogen-bond donors (Lipinski definition) is 2. The van der Waals surface area contributed by atoms with E-state index < -0.39 is 0 Å². The maximum atomic E-state index is 13.0. The highest BCUT2D eigenvalue weighted by Gasteiger charge is 2.13. The number of hydrogen-bond acceptors (Lipinski definition) is 3. The molecule has 5 heteroatoms. The third-order valence-corrected chi connectivity index (χ3v) is 4.92. The average Bonchev–Trinajstić information content (AvgIpc) is 2.74. The van der Waals surface area contributed by atoms with Gasteiger partial charge in [-0.2, -0.15) is 0 Å².